The molecule has 29 heavy (non-hydrogen) atoms. The Hall–Kier alpha value is -1.54. The van der Waals surface area contributed by atoms with Crippen LogP contribution in [0.15, 0.2) is 35.2 Å². The average molecular weight is 419 g/mol. The molecule has 1 aromatic rings. The third kappa shape index (κ3) is 5.54. The van der Waals surface area contributed by atoms with E-state index in [4.69, 9.17) is 16.2 Å². The zero-order valence-electron chi connectivity index (χ0n) is 17.4. The molecule has 1 saturated heterocycles. The summed E-state index contributed by atoms with van der Waals surface area (Å²) < 4.78 is 5.42. The molecule has 1 fully saturated rings. The summed E-state index contributed by atoms with van der Waals surface area (Å²) in [5.74, 6) is 0.898. The highest BCUT2D eigenvalue weighted by Gasteiger charge is 2.40. The Kier molecular flexibility index (Phi) is 7.62. The maximum Gasteiger partial charge on any atom is 0.225 e. The number of amides is 1. The second-order valence-corrected chi connectivity index (χ2v) is 9.26. The Balaban J connectivity index is 1.68. The number of hydrogen-bond acceptors (Lipinski definition) is 6. The molecule has 160 valence electrons. The summed E-state index contributed by atoms with van der Waals surface area (Å²) in [4.78, 5) is 13.8. The first-order chi connectivity index (χ1) is 13.9. The summed E-state index contributed by atoms with van der Waals surface area (Å²) in [6, 6.07) is 8.47. The van der Waals surface area contributed by atoms with E-state index in [9.17, 15) is 4.79 Å². The molecule has 6 N–H and O–H groups in total. The summed E-state index contributed by atoms with van der Waals surface area (Å²) in [6.45, 7) is 4.37. The molecular weight excluding hydrogens is 384 g/mol. The summed E-state index contributed by atoms with van der Waals surface area (Å²) in [7, 11) is 1.68. The Morgan fingerprint density at radius 3 is 2.83 bits per heavy atom. The number of thioether (sulfide) groups is 1. The molecule has 1 aromatic carbocycles. The third-order valence-corrected chi connectivity index (χ3v) is 7.43. The minimum absolute atomic E-state index is 0.00215. The first-order valence-electron chi connectivity index (χ1n) is 10.4. The van der Waals surface area contributed by atoms with Crippen molar-refractivity contribution in [2.75, 3.05) is 38.3 Å². The van der Waals surface area contributed by atoms with Crippen LogP contribution in [0.1, 0.15) is 37.7 Å². The van der Waals surface area contributed by atoms with Crippen molar-refractivity contribution in [1.29, 1.82) is 0 Å². The molecule has 3 atom stereocenters. The first-order valence-corrected chi connectivity index (χ1v) is 11.4. The Bertz CT molecular complexity index is 731. The van der Waals surface area contributed by atoms with Gasteiger partial charge in [-0.2, -0.15) is 0 Å². The number of nitrogen functional groups attached to an aromatic ring is 1. The van der Waals surface area contributed by atoms with Gasteiger partial charge in [-0.05, 0) is 50.4 Å². The standard InChI is InChI=1S/C22H34N4O2S/c1-22(24,20-13-16(14-29-20)15-4-3-5-17(23)12-15)19(21(27)25-2)6-9-26-18-7-10-28-11-8-18/h3-5,12-13,16,18-19,26H,6-11,14,23-24H2,1-2H3,(H,25,27)/t16?,19?,22-/m0/s1. The van der Waals surface area contributed by atoms with E-state index in [1.807, 2.05) is 25.1 Å². The van der Waals surface area contributed by atoms with Gasteiger partial charge in [-0.15, -0.1) is 11.8 Å². The second-order valence-electron chi connectivity index (χ2n) is 8.20. The third-order valence-electron chi connectivity index (χ3n) is 6.01. The van der Waals surface area contributed by atoms with Crippen molar-refractivity contribution < 1.29 is 9.53 Å². The Morgan fingerprint density at radius 1 is 1.38 bits per heavy atom. The first kappa shape index (κ1) is 22.2. The van der Waals surface area contributed by atoms with E-state index in [0.717, 1.165) is 48.9 Å². The molecule has 1 amide bonds. The lowest BCUT2D eigenvalue weighted by Crippen LogP contribution is -2.52. The van der Waals surface area contributed by atoms with Crippen LogP contribution in [0.3, 0.4) is 0 Å². The van der Waals surface area contributed by atoms with Crippen LogP contribution in [0.2, 0.25) is 0 Å². The molecular formula is C22H34N4O2S. The van der Waals surface area contributed by atoms with Crippen molar-refractivity contribution in [2.24, 2.45) is 11.7 Å². The lowest BCUT2D eigenvalue weighted by atomic mass is 9.81. The highest BCUT2D eigenvalue weighted by atomic mass is 32.2. The average Bonchev–Trinajstić information content (AvgIpc) is 3.22. The van der Waals surface area contributed by atoms with Crippen LogP contribution in [0.5, 0.6) is 0 Å². The SMILES string of the molecule is CNC(=O)C(CCNC1CCOCC1)[C@](C)(N)C1=CC(c2cccc(N)c2)CS1. The largest absolute Gasteiger partial charge is 0.399 e. The summed E-state index contributed by atoms with van der Waals surface area (Å²) in [6.07, 6.45) is 4.97. The fourth-order valence-electron chi connectivity index (χ4n) is 4.16. The minimum Gasteiger partial charge on any atom is -0.399 e. The number of ether oxygens (including phenoxy) is 1. The van der Waals surface area contributed by atoms with Crippen LogP contribution >= 0.6 is 11.8 Å². The normalized spacial score (nSPS) is 23.3. The number of benzene rings is 1. The van der Waals surface area contributed by atoms with Crippen molar-refractivity contribution >= 4 is 23.4 Å². The van der Waals surface area contributed by atoms with Gasteiger partial charge >= 0.3 is 0 Å². The number of anilines is 1. The second kappa shape index (κ2) is 9.98. The lowest BCUT2D eigenvalue weighted by Gasteiger charge is -2.34. The molecule has 2 aliphatic heterocycles. The molecule has 0 saturated carbocycles. The van der Waals surface area contributed by atoms with Crippen LogP contribution in [0.4, 0.5) is 5.69 Å². The number of hydrogen-bond donors (Lipinski definition) is 4. The van der Waals surface area contributed by atoms with Crippen molar-refractivity contribution in [3.63, 3.8) is 0 Å². The number of carbonyl (C=O) groups excluding carboxylic acids is 1. The Labute approximate surface area is 178 Å². The highest BCUT2D eigenvalue weighted by molar-refractivity contribution is 8.03. The number of allylic oxidation sites excluding steroid dienone is 1. The maximum atomic E-state index is 12.7. The predicted octanol–water partition coefficient (Wildman–Crippen LogP) is 2.22. The molecule has 0 aromatic heterocycles. The van der Waals surface area contributed by atoms with Crippen molar-refractivity contribution in [1.82, 2.24) is 10.6 Å². The van der Waals surface area contributed by atoms with Crippen molar-refractivity contribution in [3.8, 4) is 0 Å². The van der Waals surface area contributed by atoms with Crippen LogP contribution in [0.25, 0.3) is 0 Å². The summed E-state index contributed by atoms with van der Waals surface area (Å²) in [5, 5.41) is 6.39. The number of carbonyl (C=O) groups is 1. The van der Waals surface area contributed by atoms with Crippen LogP contribution in [0, 0.1) is 5.92 Å². The molecule has 0 spiro atoms. The lowest BCUT2D eigenvalue weighted by molar-refractivity contribution is -0.126. The van der Waals surface area contributed by atoms with E-state index >= 15 is 0 Å². The van der Waals surface area contributed by atoms with Crippen LogP contribution in [-0.4, -0.2) is 50.0 Å². The van der Waals surface area contributed by atoms with Crippen molar-refractivity contribution in [3.05, 3.63) is 40.8 Å². The van der Waals surface area contributed by atoms with E-state index < -0.39 is 5.54 Å². The van der Waals surface area contributed by atoms with Crippen LogP contribution < -0.4 is 22.1 Å². The van der Waals surface area contributed by atoms with Gasteiger partial charge in [-0.25, -0.2) is 0 Å². The molecule has 0 radical (unpaired) electrons. The quantitative estimate of drug-likeness (QED) is 0.483. The molecule has 7 heteroatoms. The monoisotopic (exact) mass is 418 g/mol. The van der Waals surface area contributed by atoms with Gasteiger partial charge in [-0.1, -0.05) is 18.2 Å². The molecule has 6 nitrogen and oxygen atoms in total. The minimum atomic E-state index is -0.711. The number of rotatable bonds is 8. The summed E-state index contributed by atoms with van der Waals surface area (Å²) >= 11 is 1.75. The molecule has 0 aliphatic carbocycles. The fourth-order valence-corrected chi connectivity index (χ4v) is 5.52. The van der Waals surface area contributed by atoms with Gasteiger partial charge < -0.3 is 26.8 Å². The van der Waals surface area contributed by atoms with Gasteiger partial charge in [0.05, 0.1) is 11.5 Å². The number of nitrogens with two attached hydrogens (primary N) is 2. The smallest absolute Gasteiger partial charge is 0.225 e. The molecule has 2 aliphatic rings. The topological polar surface area (TPSA) is 102 Å². The maximum absolute atomic E-state index is 12.7. The Morgan fingerprint density at radius 2 is 2.14 bits per heavy atom. The van der Waals surface area contributed by atoms with E-state index in [2.05, 4.69) is 22.8 Å². The molecule has 3 rings (SSSR count). The fraction of sp³-hybridized carbons (Fsp3) is 0.591. The van der Waals surface area contributed by atoms with E-state index in [1.54, 1.807) is 18.8 Å². The molecule has 0 bridgehead atoms. The predicted molar refractivity (Wildman–Crippen MR) is 121 cm³/mol. The molecule has 2 heterocycles. The van der Waals surface area contributed by atoms with Gasteiger partial charge in [0.1, 0.15) is 0 Å². The molecule has 2 unspecified atom stereocenters. The van der Waals surface area contributed by atoms with Gasteiger partial charge in [-0.3, -0.25) is 4.79 Å². The van der Waals surface area contributed by atoms with Gasteiger partial charge in [0.15, 0.2) is 0 Å². The van der Waals surface area contributed by atoms with Gasteiger partial charge in [0, 0.05) is 48.6 Å². The van der Waals surface area contributed by atoms with Gasteiger partial charge in [0.2, 0.25) is 5.91 Å². The summed E-state index contributed by atoms with van der Waals surface area (Å²) in [5.41, 5.74) is 14.0. The van der Waals surface area contributed by atoms with Crippen LogP contribution in [-0.2, 0) is 9.53 Å². The number of nitrogens with one attached hydrogen (secondary N) is 2. The van der Waals surface area contributed by atoms with E-state index in [1.165, 1.54) is 5.56 Å². The van der Waals surface area contributed by atoms with Crippen molar-refractivity contribution in [2.45, 2.75) is 43.7 Å². The van der Waals surface area contributed by atoms with E-state index in [-0.39, 0.29) is 17.7 Å². The zero-order valence-corrected chi connectivity index (χ0v) is 18.3. The zero-order chi connectivity index (χ0) is 20.9. The highest BCUT2D eigenvalue weighted by Crippen LogP contribution is 2.43. The van der Waals surface area contributed by atoms with E-state index in [0.29, 0.717) is 12.5 Å². The van der Waals surface area contributed by atoms with Gasteiger partial charge in [0.25, 0.3) is 0 Å².